The molecule has 0 aliphatic heterocycles. The Labute approximate surface area is 126 Å². The van der Waals surface area contributed by atoms with Crippen molar-refractivity contribution in [2.45, 2.75) is 26.7 Å². The highest BCUT2D eigenvalue weighted by molar-refractivity contribution is 5.77. The topological polar surface area (TPSA) is 35.5 Å². The molecule has 2 rings (SSSR count). The maximum Gasteiger partial charge on any atom is 0.312 e. The van der Waals surface area contributed by atoms with Gasteiger partial charge in [-0.1, -0.05) is 44.2 Å². The number of ether oxygens (including phenoxy) is 2. The van der Waals surface area contributed by atoms with Crippen LogP contribution in [0.4, 0.5) is 0 Å². The molecule has 3 heteroatoms. The van der Waals surface area contributed by atoms with Crippen molar-refractivity contribution in [1.29, 1.82) is 0 Å². The van der Waals surface area contributed by atoms with Crippen LogP contribution in [0.1, 0.15) is 32.3 Å². The number of carbonyl (C=O) groups is 1. The van der Waals surface area contributed by atoms with Gasteiger partial charge < -0.3 is 9.47 Å². The fourth-order valence-electron chi connectivity index (χ4n) is 1.78. The number of hydrogen-bond acceptors (Lipinski definition) is 3. The van der Waals surface area contributed by atoms with Crippen LogP contribution in [0, 0.1) is 0 Å². The first-order valence-electron chi connectivity index (χ1n) is 7.11. The number of para-hydroxylation sites is 1. The molecule has 112 valence electrons. The van der Waals surface area contributed by atoms with Crippen LogP contribution in [-0.4, -0.2) is 13.1 Å². The Bertz CT molecular complexity index is 549. The van der Waals surface area contributed by atoms with Crippen molar-refractivity contribution in [3.05, 3.63) is 60.2 Å². The van der Waals surface area contributed by atoms with E-state index in [0.29, 0.717) is 5.75 Å². The predicted octanol–water partition coefficient (Wildman–Crippen LogP) is 4.78. The van der Waals surface area contributed by atoms with E-state index in [4.69, 9.17) is 9.47 Å². The van der Waals surface area contributed by atoms with Gasteiger partial charge in [0.05, 0.1) is 13.0 Å². The molecule has 0 aliphatic carbocycles. The third kappa shape index (κ3) is 4.95. The maximum atomic E-state index is 11.5. The van der Waals surface area contributed by atoms with E-state index in [1.165, 1.54) is 7.11 Å². The zero-order valence-corrected chi connectivity index (χ0v) is 13.0. The van der Waals surface area contributed by atoms with Crippen LogP contribution < -0.4 is 4.74 Å². The summed E-state index contributed by atoms with van der Waals surface area (Å²) in [6.45, 7) is 5.81. The number of methoxy groups -OCH3 is 1. The summed E-state index contributed by atoms with van der Waals surface area (Å²) in [5, 5.41) is 0. The third-order valence-corrected chi connectivity index (χ3v) is 2.89. The normalized spacial score (nSPS) is 10.9. The summed E-state index contributed by atoms with van der Waals surface area (Å²) in [6.07, 6.45) is 0. The third-order valence-electron chi connectivity index (χ3n) is 2.89. The Kier molecular flexibility index (Phi) is 7.02. The summed E-state index contributed by atoms with van der Waals surface area (Å²) >= 11 is 0. The van der Waals surface area contributed by atoms with Crippen molar-refractivity contribution < 1.29 is 14.3 Å². The smallest absolute Gasteiger partial charge is 0.312 e. The Hall–Kier alpha value is -2.29. The lowest BCUT2D eigenvalue weighted by Gasteiger charge is -2.11. The van der Waals surface area contributed by atoms with Crippen LogP contribution in [0.2, 0.25) is 0 Å². The minimum Gasteiger partial charge on any atom is -0.469 e. The molecular formula is C18H22O3. The Balaban J connectivity index is 0.00000106. The van der Waals surface area contributed by atoms with Crippen molar-refractivity contribution in [3.63, 3.8) is 0 Å². The van der Waals surface area contributed by atoms with Crippen LogP contribution in [0.15, 0.2) is 54.6 Å². The lowest BCUT2D eigenvalue weighted by molar-refractivity contribution is -0.141. The van der Waals surface area contributed by atoms with Crippen molar-refractivity contribution in [2.75, 3.05) is 7.11 Å². The summed E-state index contributed by atoms with van der Waals surface area (Å²) in [7, 11) is 1.39. The molecule has 0 fully saturated rings. The highest BCUT2D eigenvalue weighted by Crippen LogP contribution is 2.25. The molecule has 21 heavy (non-hydrogen) atoms. The molecule has 0 N–H and O–H groups in total. The molecule has 1 atom stereocenters. The number of rotatable bonds is 4. The fourth-order valence-corrected chi connectivity index (χ4v) is 1.78. The van der Waals surface area contributed by atoms with Crippen LogP contribution in [0.3, 0.4) is 0 Å². The van der Waals surface area contributed by atoms with Crippen molar-refractivity contribution >= 4 is 5.97 Å². The first-order valence-corrected chi connectivity index (χ1v) is 7.11. The van der Waals surface area contributed by atoms with Crippen molar-refractivity contribution in [2.24, 2.45) is 0 Å². The van der Waals surface area contributed by atoms with E-state index in [1.807, 2.05) is 75.4 Å². The van der Waals surface area contributed by atoms with Crippen LogP contribution in [0.5, 0.6) is 11.5 Å². The van der Waals surface area contributed by atoms with E-state index >= 15 is 0 Å². The van der Waals surface area contributed by atoms with Gasteiger partial charge in [-0.2, -0.15) is 0 Å². The molecule has 0 heterocycles. The molecular weight excluding hydrogens is 264 g/mol. The molecule has 3 nitrogen and oxygen atoms in total. The molecule has 0 bridgehead atoms. The molecule has 0 amide bonds. The molecule has 0 aromatic heterocycles. The first-order chi connectivity index (χ1) is 10.2. The number of benzene rings is 2. The zero-order valence-electron chi connectivity index (χ0n) is 13.0. The molecule has 0 spiro atoms. The van der Waals surface area contributed by atoms with E-state index in [9.17, 15) is 4.79 Å². The largest absolute Gasteiger partial charge is 0.469 e. The first kappa shape index (κ1) is 16.8. The maximum absolute atomic E-state index is 11.5. The van der Waals surface area contributed by atoms with Crippen LogP contribution in [0.25, 0.3) is 0 Å². The minimum absolute atomic E-state index is 0.253. The van der Waals surface area contributed by atoms with E-state index in [1.54, 1.807) is 0 Å². The van der Waals surface area contributed by atoms with Gasteiger partial charge in [0.15, 0.2) is 0 Å². The van der Waals surface area contributed by atoms with Gasteiger partial charge in [0.1, 0.15) is 11.5 Å². The average Bonchev–Trinajstić information content (AvgIpc) is 2.56. The summed E-state index contributed by atoms with van der Waals surface area (Å²) in [5.41, 5.74) is 0.875. The summed E-state index contributed by atoms with van der Waals surface area (Å²) < 4.78 is 10.5. The van der Waals surface area contributed by atoms with Crippen LogP contribution in [-0.2, 0) is 9.53 Å². The van der Waals surface area contributed by atoms with Gasteiger partial charge in [-0.25, -0.2) is 0 Å². The summed E-state index contributed by atoms with van der Waals surface area (Å²) in [4.78, 5) is 11.5. The van der Waals surface area contributed by atoms with E-state index in [2.05, 4.69) is 0 Å². The fraction of sp³-hybridized carbons (Fsp3) is 0.278. The van der Waals surface area contributed by atoms with Gasteiger partial charge >= 0.3 is 5.97 Å². The molecule has 1 unspecified atom stereocenters. The lowest BCUT2D eigenvalue weighted by Crippen LogP contribution is -2.10. The van der Waals surface area contributed by atoms with Gasteiger partial charge in [-0.15, -0.1) is 0 Å². The van der Waals surface area contributed by atoms with Gasteiger partial charge in [-0.05, 0) is 36.8 Å². The SMILES string of the molecule is CC.COC(=O)C(C)c1cccc(Oc2ccccc2)c1. The van der Waals surface area contributed by atoms with Gasteiger partial charge in [0, 0.05) is 0 Å². The number of hydrogen-bond donors (Lipinski definition) is 0. The number of carbonyl (C=O) groups excluding carboxylic acids is 1. The molecule has 2 aromatic carbocycles. The Morgan fingerprint density at radius 3 is 2.19 bits per heavy atom. The molecule has 0 saturated heterocycles. The molecule has 0 saturated carbocycles. The van der Waals surface area contributed by atoms with E-state index in [-0.39, 0.29) is 11.9 Å². The molecule has 0 radical (unpaired) electrons. The van der Waals surface area contributed by atoms with Crippen molar-refractivity contribution in [1.82, 2.24) is 0 Å². The average molecular weight is 286 g/mol. The minimum atomic E-state index is -0.302. The quantitative estimate of drug-likeness (QED) is 0.759. The van der Waals surface area contributed by atoms with Crippen molar-refractivity contribution in [3.8, 4) is 11.5 Å². The second-order valence-electron chi connectivity index (χ2n) is 4.23. The lowest BCUT2D eigenvalue weighted by atomic mass is 10.0. The molecule has 0 aliphatic rings. The standard InChI is InChI=1S/C16H16O3.C2H6/c1-12(16(17)18-2)13-7-6-10-15(11-13)19-14-8-4-3-5-9-14;1-2/h3-12H,1-2H3;1-2H3. The highest BCUT2D eigenvalue weighted by atomic mass is 16.5. The molecule has 2 aromatic rings. The van der Waals surface area contributed by atoms with Gasteiger partial charge in [-0.3, -0.25) is 4.79 Å². The Morgan fingerprint density at radius 1 is 0.952 bits per heavy atom. The second-order valence-corrected chi connectivity index (χ2v) is 4.23. The number of esters is 1. The van der Waals surface area contributed by atoms with Crippen LogP contribution >= 0.6 is 0 Å². The highest BCUT2D eigenvalue weighted by Gasteiger charge is 2.15. The van der Waals surface area contributed by atoms with Gasteiger partial charge in [0.2, 0.25) is 0 Å². The Morgan fingerprint density at radius 2 is 1.57 bits per heavy atom. The summed E-state index contributed by atoms with van der Waals surface area (Å²) in [6, 6.07) is 17.0. The second kappa shape index (κ2) is 8.80. The van der Waals surface area contributed by atoms with E-state index in [0.717, 1.165) is 11.3 Å². The van der Waals surface area contributed by atoms with Gasteiger partial charge in [0.25, 0.3) is 0 Å². The predicted molar refractivity (Wildman–Crippen MR) is 84.7 cm³/mol. The van der Waals surface area contributed by atoms with E-state index < -0.39 is 0 Å². The summed E-state index contributed by atoms with van der Waals surface area (Å²) in [5.74, 6) is 0.922. The zero-order chi connectivity index (χ0) is 15.7. The monoisotopic (exact) mass is 286 g/mol.